The molecule has 1 atom stereocenters. The number of benzene rings is 1. The second kappa shape index (κ2) is 5.29. The summed E-state index contributed by atoms with van der Waals surface area (Å²) in [6, 6.07) is 7.55. The van der Waals surface area contributed by atoms with E-state index < -0.39 is 0 Å². The van der Waals surface area contributed by atoms with Crippen molar-refractivity contribution in [3.8, 4) is 0 Å². The minimum absolute atomic E-state index is 0.167. The molecule has 0 saturated heterocycles. The molecule has 17 heavy (non-hydrogen) atoms. The Balaban J connectivity index is 2.36. The van der Waals surface area contributed by atoms with Crippen LogP contribution in [0.2, 0.25) is 10.0 Å². The average Bonchev–Trinajstić information content (AvgIpc) is 2.62. The highest BCUT2D eigenvalue weighted by atomic mass is 79.9. The van der Waals surface area contributed by atoms with Crippen molar-refractivity contribution in [2.24, 2.45) is 5.73 Å². The van der Waals surface area contributed by atoms with Crippen LogP contribution < -0.4 is 5.73 Å². The molecule has 2 rings (SSSR count). The maximum Gasteiger partial charge on any atom is 0.0888 e. The zero-order valence-corrected chi connectivity index (χ0v) is 12.9. The molecule has 1 nitrogen and oxygen atoms in total. The van der Waals surface area contributed by atoms with Crippen molar-refractivity contribution < 1.29 is 0 Å². The molecule has 0 aliphatic carbocycles. The lowest BCUT2D eigenvalue weighted by atomic mass is 10.0. The van der Waals surface area contributed by atoms with Gasteiger partial charge < -0.3 is 5.73 Å². The van der Waals surface area contributed by atoms with Gasteiger partial charge in [-0.05, 0) is 46.1 Å². The first-order valence-corrected chi connectivity index (χ1v) is 7.32. The zero-order chi connectivity index (χ0) is 12.6. The van der Waals surface area contributed by atoms with Crippen LogP contribution in [0.25, 0.3) is 0 Å². The molecule has 0 aliphatic rings. The van der Waals surface area contributed by atoms with E-state index in [0.29, 0.717) is 5.02 Å². The van der Waals surface area contributed by atoms with E-state index in [1.54, 1.807) is 11.3 Å². The first kappa shape index (κ1) is 13.4. The Kier molecular flexibility index (Phi) is 4.16. The Hall–Kier alpha value is -0.0600. The third-order valence-electron chi connectivity index (χ3n) is 2.51. The van der Waals surface area contributed by atoms with Crippen LogP contribution in [0.3, 0.4) is 0 Å². The van der Waals surface area contributed by atoms with Crippen LogP contribution in [-0.2, 0) is 0 Å². The van der Waals surface area contributed by atoms with E-state index in [4.69, 9.17) is 28.9 Å². The Morgan fingerprint density at radius 2 is 1.94 bits per heavy atom. The van der Waals surface area contributed by atoms with Gasteiger partial charge in [0.05, 0.1) is 14.9 Å². The lowest BCUT2D eigenvalue weighted by Crippen LogP contribution is -2.10. The standard InChI is InChI=1S/C12H10BrCl2NS/c1-6-4-7(2-3-8(6)14)11(16)10-5-9(15)12(13)17-10/h2-5,11H,16H2,1H3. The number of hydrogen-bond acceptors (Lipinski definition) is 2. The van der Waals surface area contributed by atoms with Crippen molar-refractivity contribution in [1.82, 2.24) is 0 Å². The minimum Gasteiger partial charge on any atom is -0.320 e. The summed E-state index contributed by atoms with van der Waals surface area (Å²) in [5, 5.41) is 1.46. The van der Waals surface area contributed by atoms with Crippen LogP contribution >= 0.6 is 50.5 Å². The maximum atomic E-state index is 6.21. The largest absolute Gasteiger partial charge is 0.320 e. The van der Waals surface area contributed by atoms with Crippen LogP contribution in [0.1, 0.15) is 22.0 Å². The minimum atomic E-state index is -0.167. The predicted molar refractivity (Wildman–Crippen MR) is 79.2 cm³/mol. The van der Waals surface area contributed by atoms with Crippen molar-refractivity contribution >= 4 is 50.5 Å². The van der Waals surface area contributed by atoms with E-state index in [1.165, 1.54) is 0 Å². The van der Waals surface area contributed by atoms with E-state index in [2.05, 4.69) is 15.9 Å². The van der Waals surface area contributed by atoms with Crippen molar-refractivity contribution in [2.45, 2.75) is 13.0 Å². The van der Waals surface area contributed by atoms with Crippen LogP contribution in [-0.4, -0.2) is 0 Å². The second-order valence-corrected chi connectivity index (χ2v) is 6.97. The van der Waals surface area contributed by atoms with Crippen molar-refractivity contribution in [3.05, 3.63) is 54.1 Å². The number of nitrogens with two attached hydrogens (primary N) is 1. The van der Waals surface area contributed by atoms with E-state index in [9.17, 15) is 0 Å². The Morgan fingerprint density at radius 1 is 1.24 bits per heavy atom. The third kappa shape index (κ3) is 2.85. The van der Waals surface area contributed by atoms with E-state index in [0.717, 1.165) is 24.8 Å². The van der Waals surface area contributed by atoms with E-state index in [1.807, 2.05) is 31.2 Å². The fourth-order valence-corrected chi connectivity index (χ4v) is 3.44. The van der Waals surface area contributed by atoms with Gasteiger partial charge in [0.25, 0.3) is 0 Å². The number of hydrogen-bond donors (Lipinski definition) is 1. The van der Waals surface area contributed by atoms with E-state index >= 15 is 0 Å². The highest BCUT2D eigenvalue weighted by Gasteiger charge is 2.14. The Morgan fingerprint density at radius 3 is 2.47 bits per heavy atom. The molecule has 0 spiro atoms. The molecule has 2 aromatic rings. The summed E-state index contributed by atoms with van der Waals surface area (Å²) in [7, 11) is 0. The first-order chi connectivity index (χ1) is 7.99. The zero-order valence-electron chi connectivity index (χ0n) is 9.01. The third-order valence-corrected chi connectivity index (χ3v) is 5.49. The molecule has 0 amide bonds. The maximum absolute atomic E-state index is 6.21. The van der Waals surface area contributed by atoms with Gasteiger partial charge in [0.15, 0.2) is 0 Å². The molecular weight excluding hydrogens is 341 g/mol. The monoisotopic (exact) mass is 349 g/mol. The van der Waals surface area contributed by atoms with Gasteiger partial charge in [0.2, 0.25) is 0 Å². The van der Waals surface area contributed by atoms with Gasteiger partial charge in [-0.25, -0.2) is 0 Å². The summed E-state index contributed by atoms with van der Waals surface area (Å²) in [4.78, 5) is 1.03. The highest BCUT2D eigenvalue weighted by Crippen LogP contribution is 2.36. The van der Waals surface area contributed by atoms with Gasteiger partial charge in [-0.15, -0.1) is 11.3 Å². The predicted octanol–water partition coefficient (Wildman–Crippen LogP) is 5.17. The summed E-state index contributed by atoms with van der Waals surface area (Å²) in [5.74, 6) is 0. The molecule has 0 saturated carbocycles. The molecule has 1 heterocycles. The number of thiophene rings is 1. The molecule has 1 aromatic carbocycles. The fourth-order valence-electron chi connectivity index (χ4n) is 1.54. The van der Waals surface area contributed by atoms with E-state index in [-0.39, 0.29) is 6.04 Å². The highest BCUT2D eigenvalue weighted by molar-refractivity contribution is 9.11. The van der Waals surface area contributed by atoms with Crippen LogP contribution in [0.15, 0.2) is 28.1 Å². The first-order valence-electron chi connectivity index (χ1n) is 4.95. The number of halogens is 3. The van der Waals surface area contributed by atoms with Crippen LogP contribution in [0.4, 0.5) is 0 Å². The molecule has 0 fully saturated rings. The smallest absolute Gasteiger partial charge is 0.0888 e. The van der Waals surface area contributed by atoms with Gasteiger partial charge in [0.1, 0.15) is 0 Å². The SMILES string of the molecule is Cc1cc(C(N)c2cc(Cl)c(Br)s2)ccc1Cl. The van der Waals surface area contributed by atoms with Gasteiger partial charge >= 0.3 is 0 Å². The number of rotatable bonds is 2. The van der Waals surface area contributed by atoms with Crippen LogP contribution in [0, 0.1) is 6.92 Å². The normalized spacial score (nSPS) is 12.8. The summed E-state index contributed by atoms with van der Waals surface area (Å²) < 4.78 is 0.912. The van der Waals surface area contributed by atoms with Crippen molar-refractivity contribution in [3.63, 3.8) is 0 Å². The quantitative estimate of drug-likeness (QED) is 0.793. The van der Waals surface area contributed by atoms with Crippen molar-refractivity contribution in [2.75, 3.05) is 0 Å². The second-order valence-electron chi connectivity index (χ2n) is 3.76. The molecule has 0 radical (unpaired) electrons. The fraction of sp³-hybridized carbons (Fsp3) is 0.167. The lowest BCUT2D eigenvalue weighted by molar-refractivity contribution is 0.891. The molecule has 0 aliphatic heterocycles. The molecular formula is C12H10BrCl2NS. The molecule has 0 bridgehead atoms. The molecule has 5 heteroatoms. The summed E-state index contributed by atoms with van der Waals surface area (Å²) >= 11 is 16.9. The van der Waals surface area contributed by atoms with Crippen LogP contribution in [0.5, 0.6) is 0 Å². The molecule has 1 aromatic heterocycles. The number of aryl methyl sites for hydroxylation is 1. The van der Waals surface area contributed by atoms with Gasteiger partial charge in [0, 0.05) is 9.90 Å². The molecule has 2 N–H and O–H groups in total. The summed E-state index contributed by atoms with van der Waals surface area (Å²) in [6.45, 7) is 1.97. The molecule has 90 valence electrons. The van der Waals surface area contributed by atoms with Gasteiger partial charge in [-0.3, -0.25) is 0 Å². The van der Waals surface area contributed by atoms with Crippen molar-refractivity contribution in [1.29, 1.82) is 0 Å². The Bertz CT molecular complexity index is 534. The topological polar surface area (TPSA) is 26.0 Å². The van der Waals surface area contributed by atoms with Gasteiger partial charge in [-0.1, -0.05) is 35.3 Å². The lowest BCUT2D eigenvalue weighted by Gasteiger charge is -2.11. The molecule has 1 unspecified atom stereocenters. The van der Waals surface area contributed by atoms with Gasteiger partial charge in [-0.2, -0.15) is 0 Å². The summed E-state index contributed by atoms with van der Waals surface area (Å²) in [6.07, 6.45) is 0. The Labute approximate surface area is 123 Å². The summed E-state index contributed by atoms with van der Waals surface area (Å²) in [5.41, 5.74) is 8.27. The average molecular weight is 351 g/mol.